The smallest absolute Gasteiger partial charge is 0.252 e. The van der Waals surface area contributed by atoms with E-state index in [9.17, 15) is 4.79 Å². The number of carbonyl (C=O) groups is 1. The maximum atomic E-state index is 11.1. The Hall–Kier alpha value is -1.40. The molecule has 0 fully saturated rings. The fourth-order valence-electron chi connectivity index (χ4n) is 0.849. The summed E-state index contributed by atoms with van der Waals surface area (Å²) in [5.41, 5.74) is 0. The van der Waals surface area contributed by atoms with Gasteiger partial charge in [-0.05, 0) is 0 Å². The molecule has 6 nitrogen and oxygen atoms in total. The maximum Gasteiger partial charge on any atom is 0.252 e. The van der Waals surface area contributed by atoms with Crippen molar-refractivity contribution >= 4 is 23.5 Å². The fraction of sp³-hybridized carbons (Fsp3) is 0.375. The molecule has 0 aliphatic rings. The third-order valence-electron chi connectivity index (χ3n) is 1.41. The number of rotatable bonds is 4. The van der Waals surface area contributed by atoms with Gasteiger partial charge in [-0.3, -0.25) is 10.1 Å². The number of amides is 1. The number of hydrogen-bond acceptors (Lipinski definition) is 5. The Morgan fingerprint density at radius 1 is 1.53 bits per heavy atom. The van der Waals surface area contributed by atoms with Crippen LogP contribution in [-0.2, 0) is 9.53 Å². The molecule has 1 heterocycles. The van der Waals surface area contributed by atoms with E-state index in [0.29, 0.717) is 0 Å². The van der Waals surface area contributed by atoms with Gasteiger partial charge in [-0.25, -0.2) is 4.98 Å². The number of aromatic nitrogens is 2. The Balaban J connectivity index is 2.76. The molecular formula is C8H10ClN3O3. The minimum atomic E-state index is -0.359. The highest BCUT2D eigenvalue weighted by atomic mass is 35.5. The van der Waals surface area contributed by atoms with Crippen molar-refractivity contribution in [2.75, 3.05) is 26.1 Å². The molecule has 0 radical (unpaired) electrons. The summed E-state index contributed by atoms with van der Waals surface area (Å²) in [4.78, 5) is 18.8. The topological polar surface area (TPSA) is 73.3 Å². The first-order chi connectivity index (χ1) is 7.15. The van der Waals surface area contributed by atoms with Gasteiger partial charge in [-0.15, -0.1) is 0 Å². The molecule has 1 N–H and O–H groups in total. The molecule has 0 unspecified atom stereocenters. The van der Waals surface area contributed by atoms with E-state index in [0.717, 1.165) is 0 Å². The van der Waals surface area contributed by atoms with Crippen LogP contribution in [0.3, 0.4) is 0 Å². The van der Waals surface area contributed by atoms with Crippen LogP contribution in [0.25, 0.3) is 0 Å². The molecule has 1 aromatic rings. The minimum Gasteiger partial charge on any atom is -0.481 e. The van der Waals surface area contributed by atoms with Crippen LogP contribution in [-0.4, -0.2) is 36.7 Å². The second-order valence-electron chi connectivity index (χ2n) is 2.54. The summed E-state index contributed by atoms with van der Waals surface area (Å²) in [5, 5.41) is 2.60. The average Bonchev–Trinajstić information content (AvgIpc) is 2.17. The van der Waals surface area contributed by atoms with Crippen LogP contribution in [0.1, 0.15) is 0 Å². The van der Waals surface area contributed by atoms with Gasteiger partial charge in [0.05, 0.1) is 7.11 Å². The lowest BCUT2D eigenvalue weighted by atomic mass is 10.6. The number of halogens is 1. The lowest BCUT2D eigenvalue weighted by Gasteiger charge is -2.04. The number of hydrogen-bond donors (Lipinski definition) is 1. The van der Waals surface area contributed by atoms with Gasteiger partial charge in [-0.2, -0.15) is 4.98 Å². The number of anilines is 1. The van der Waals surface area contributed by atoms with Gasteiger partial charge in [0.2, 0.25) is 11.8 Å². The quantitative estimate of drug-likeness (QED) is 0.773. The van der Waals surface area contributed by atoms with Gasteiger partial charge in [-0.1, -0.05) is 11.6 Å². The predicted octanol–water partition coefficient (Wildman–Crippen LogP) is 0.723. The first kappa shape index (κ1) is 11.7. The van der Waals surface area contributed by atoms with Gasteiger partial charge in [0.1, 0.15) is 11.8 Å². The van der Waals surface area contributed by atoms with Crippen molar-refractivity contribution in [3.63, 3.8) is 0 Å². The first-order valence-corrected chi connectivity index (χ1v) is 4.41. The van der Waals surface area contributed by atoms with Gasteiger partial charge < -0.3 is 9.47 Å². The Labute approximate surface area is 91.6 Å². The van der Waals surface area contributed by atoms with Crippen LogP contribution >= 0.6 is 11.6 Å². The normalized spacial score (nSPS) is 9.80. The lowest BCUT2D eigenvalue weighted by molar-refractivity contribution is -0.119. The van der Waals surface area contributed by atoms with Crippen LogP contribution in [0.2, 0.25) is 5.15 Å². The van der Waals surface area contributed by atoms with Crippen molar-refractivity contribution in [3.05, 3.63) is 11.2 Å². The highest BCUT2D eigenvalue weighted by molar-refractivity contribution is 6.29. The molecule has 82 valence electrons. The van der Waals surface area contributed by atoms with Gasteiger partial charge in [0.15, 0.2) is 0 Å². The van der Waals surface area contributed by atoms with E-state index in [-0.39, 0.29) is 29.5 Å². The minimum absolute atomic E-state index is 0.0712. The van der Waals surface area contributed by atoms with Crippen molar-refractivity contribution in [2.45, 2.75) is 0 Å². The third-order valence-corrected chi connectivity index (χ3v) is 1.60. The van der Waals surface area contributed by atoms with Crippen molar-refractivity contribution in [1.82, 2.24) is 9.97 Å². The van der Waals surface area contributed by atoms with E-state index < -0.39 is 0 Å². The molecule has 0 spiro atoms. The fourth-order valence-corrected chi connectivity index (χ4v) is 1.02. The second-order valence-corrected chi connectivity index (χ2v) is 2.93. The molecule has 7 heteroatoms. The Morgan fingerprint density at radius 3 is 2.87 bits per heavy atom. The van der Waals surface area contributed by atoms with E-state index in [2.05, 4.69) is 20.0 Å². The van der Waals surface area contributed by atoms with Crippen molar-refractivity contribution in [3.8, 4) is 5.88 Å². The van der Waals surface area contributed by atoms with Crippen LogP contribution in [0.15, 0.2) is 6.07 Å². The van der Waals surface area contributed by atoms with Crippen LogP contribution in [0, 0.1) is 0 Å². The maximum absolute atomic E-state index is 11.1. The van der Waals surface area contributed by atoms with Crippen LogP contribution < -0.4 is 10.1 Å². The number of nitrogens with one attached hydrogen (secondary N) is 1. The lowest BCUT2D eigenvalue weighted by Crippen LogP contribution is -2.18. The molecule has 1 amide bonds. The number of methoxy groups -OCH3 is 2. The summed E-state index contributed by atoms with van der Waals surface area (Å²) in [7, 11) is 2.86. The molecule has 1 aromatic heterocycles. The summed E-state index contributed by atoms with van der Waals surface area (Å²) < 4.78 is 9.49. The average molecular weight is 232 g/mol. The zero-order chi connectivity index (χ0) is 11.3. The van der Waals surface area contributed by atoms with Gasteiger partial charge in [0.25, 0.3) is 5.91 Å². The zero-order valence-corrected chi connectivity index (χ0v) is 9.04. The highest BCUT2D eigenvalue weighted by Gasteiger charge is 2.07. The van der Waals surface area contributed by atoms with Crippen molar-refractivity contribution in [1.29, 1.82) is 0 Å². The molecule has 15 heavy (non-hydrogen) atoms. The van der Waals surface area contributed by atoms with Crippen molar-refractivity contribution in [2.24, 2.45) is 0 Å². The molecule has 0 saturated carbocycles. The number of ether oxygens (including phenoxy) is 2. The Bertz CT molecular complexity index is 359. The monoisotopic (exact) mass is 231 g/mol. The Morgan fingerprint density at radius 2 is 2.27 bits per heavy atom. The summed E-state index contributed by atoms with van der Waals surface area (Å²) in [5.74, 6) is 0.00550. The molecular weight excluding hydrogens is 222 g/mol. The highest BCUT2D eigenvalue weighted by Crippen LogP contribution is 2.15. The molecule has 0 atom stereocenters. The van der Waals surface area contributed by atoms with E-state index in [1.165, 1.54) is 20.3 Å². The largest absolute Gasteiger partial charge is 0.481 e. The summed E-state index contributed by atoms with van der Waals surface area (Å²) in [6, 6.07) is 1.44. The summed E-state index contributed by atoms with van der Waals surface area (Å²) in [6.07, 6.45) is 0. The van der Waals surface area contributed by atoms with E-state index >= 15 is 0 Å². The molecule has 0 aliphatic heterocycles. The zero-order valence-electron chi connectivity index (χ0n) is 8.28. The van der Waals surface area contributed by atoms with Crippen LogP contribution in [0.5, 0.6) is 5.88 Å². The van der Waals surface area contributed by atoms with E-state index in [1.54, 1.807) is 0 Å². The van der Waals surface area contributed by atoms with Crippen LogP contribution in [0.4, 0.5) is 5.95 Å². The predicted molar refractivity (Wildman–Crippen MR) is 54.1 cm³/mol. The molecule has 0 aromatic carbocycles. The summed E-state index contributed by atoms with van der Waals surface area (Å²) in [6.45, 7) is -0.0712. The molecule has 0 saturated heterocycles. The molecule has 1 rings (SSSR count). The van der Waals surface area contributed by atoms with Crippen molar-refractivity contribution < 1.29 is 14.3 Å². The van der Waals surface area contributed by atoms with Gasteiger partial charge in [0, 0.05) is 13.2 Å². The summed E-state index contributed by atoms with van der Waals surface area (Å²) >= 11 is 5.68. The molecule has 0 bridgehead atoms. The SMILES string of the molecule is COCC(=O)Nc1nc(Cl)cc(OC)n1. The third kappa shape index (κ3) is 3.69. The number of carbonyl (C=O) groups excluding carboxylic acids is 1. The number of nitrogens with zero attached hydrogens (tertiary/aromatic N) is 2. The van der Waals surface area contributed by atoms with E-state index in [4.69, 9.17) is 16.3 Å². The molecule has 0 aliphatic carbocycles. The standard InChI is InChI=1S/C8H10ClN3O3/c1-14-4-6(13)11-8-10-5(9)3-7(12-8)15-2/h3H,4H2,1-2H3,(H,10,11,12,13). The Kier molecular flexibility index (Phi) is 4.26. The first-order valence-electron chi connectivity index (χ1n) is 4.03. The van der Waals surface area contributed by atoms with E-state index in [1.807, 2.05) is 0 Å². The van der Waals surface area contributed by atoms with Gasteiger partial charge >= 0.3 is 0 Å². The second kappa shape index (κ2) is 5.47.